The predicted molar refractivity (Wildman–Crippen MR) is 92.5 cm³/mol. The van der Waals surface area contributed by atoms with Crippen LogP contribution in [0.4, 0.5) is 0 Å². The molecule has 2 aliphatic rings. The van der Waals surface area contributed by atoms with Crippen molar-refractivity contribution >= 4 is 23.2 Å². The van der Waals surface area contributed by atoms with Gasteiger partial charge in [-0.2, -0.15) is 11.3 Å². The molecule has 1 saturated heterocycles. The van der Waals surface area contributed by atoms with E-state index >= 15 is 0 Å². The van der Waals surface area contributed by atoms with Crippen LogP contribution >= 0.6 is 11.3 Å². The average molecular weight is 334 g/mol. The molecule has 0 radical (unpaired) electrons. The number of piperidine rings is 1. The number of nitrogens with zero attached hydrogens (tertiary/aromatic N) is 1. The van der Waals surface area contributed by atoms with Crippen molar-refractivity contribution in [1.29, 1.82) is 0 Å². The van der Waals surface area contributed by atoms with Gasteiger partial charge >= 0.3 is 0 Å². The molecule has 3 rings (SSSR count). The Balaban J connectivity index is 1.45. The number of carbonyl (C=O) groups excluding carboxylic acids is 2. The van der Waals surface area contributed by atoms with Crippen molar-refractivity contribution in [2.45, 2.75) is 51.5 Å². The van der Waals surface area contributed by atoms with Crippen molar-refractivity contribution in [3.8, 4) is 0 Å². The molecule has 0 unspecified atom stereocenters. The van der Waals surface area contributed by atoms with Crippen molar-refractivity contribution in [3.05, 3.63) is 22.4 Å². The summed E-state index contributed by atoms with van der Waals surface area (Å²) in [5.41, 5.74) is 0.772. The molecule has 5 heteroatoms. The Morgan fingerprint density at radius 1 is 1.13 bits per heavy atom. The summed E-state index contributed by atoms with van der Waals surface area (Å²) in [4.78, 5) is 26.6. The minimum atomic E-state index is 0.0703. The van der Waals surface area contributed by atoms with E-state index in [0.29, 0.717) is 19.1 Å². The molecule has 4 nitrogen and oxygen atoms in total. The van der Waals surface area contributed by atoms with Crippen LogP contribution < -0.4 is 5.32 Å². The molecule has 0 bridgehead atoms. The average Bonchev–Trinajstić information content (AvgIpc) is 3.11. The van der Waals surface area contributed by atoms with Gasteiger partial charge in [-0.15, -0.1) is 0 Å². The van der Waals surface area contributed by atoms with Crippen molar-refractivity contribution in [2.75, 3.05) is 13.1 Å². The van der Waals surface area contributed by atoms with Gasteiger partial charge < -0.3 is 10.2 Å². The zero-order valence-corrected chi connectivity index (χ0v) is 14.6. The van der Waals surface area contributed by atoms with Gasteiger partial charge in [0.25, 0.3) is 5.91 Å². The first-order chi connectivity index (χ1) is 11.1. The maximum atomic E-state index is 12.4. The molecule has 2 fully saturated rings. The molecular formula is C18H26N2O2S. The molecule has 126 valence electrons. The van der Waals surface area contributed by atoms with Gasteiger partial charge in [-0.25, -0.2) is 0 Å². The van der Waals surface area contributed by atoms with Crippen molar-refractivity contribution < 1.29 is 9.59 Å². The number of nitrogens with one attached hydrogen (secondary N) is 1. The maximum absolute atomic E-state index is 12.4. The number of hydrogen-bond donors (Lipinski definition) is 1. The van der Waals surface area contributed by atoms with Gasteiger partial charge in [-0.05, 0) is 55.9 Å². The molecule has 1 aromatic heterocycles. The fourth-order valence-electron chi connectivity index (χ4n) is 3.64. The number of amides is 2. The zero-order chi connectivity index (χ0) is 16.2. The largest absolute Gasteiger partial charge is 0.353 e. The lowest BCUT2D eigenvalue weighted by atomic mass is 9.86. The van der Waals surface area contributed by atoms with E-state index in [2.05, 4.69) is 12.2 Å². The van der Waals surface area contributed by atoms with E-state index in [-0.39, 0.29) is 17.7 Å². The van der Waals surface area contributed by atoms with Crippen molar-refractivity contribution in [1.82, 2.24) is 10.2 Å². The second-order valence-electron chi connectivity index (χ2n) is 7.04. The van der Waals surface area contributed by atoms with E-state index in [0.717, 1.165) is 37.2 Å². The number of thiophene rings is 1. The Kier molecular flexibility index (Phi) is 5.36. The number of hydrogen-bond acceptors (Lipinski definition) is 3. The molecule has 0 spiro atoms. The highest BCUT2D eigenvalue weighted by atomic mass is 32.1. The van der Waals surface area contributed by atoms with E-state index < -0.39 is 0 Å². The second-order valence-corrected chi connectivity index (χ2v) is 7.82. The van der Waals surface area contributed by atoms with E-state index in [1.54, 1.807) is 11.3 Å². The molecule has 1 aromatic rings. The fourth-order valence-corrected chi connectivity index (χ4v) is 4.27. The molecular weight excluding hydrogens is 308 g/mol. The topological polar surface area (TPSA) is 49.4 Å². The summed E-state index contributed by atoms with van der Waals surface area (Å²) >= 11 is 1.55. The van der Waals surface area contributed by atoms with Gasteiger partial charge in [0, 0.05) is 30.4 Å². The number of likely N-dealkylation sites (tertiary alicyclic amines) is 1. The fraction of sp³-hybridized carbons (Fsp3) is 0.667. The van der Waals surface area contributed by atoms with Gasteiger partial charge in [0.05, 0.1) is 5.56 Å². The van der Waals surface area contributed by atoms with Crippen LogP contribution in [-0.2, 0) is 4.79 Å². The second kappa shape index (κ2) is 7.47. The van der Waals surface area contributed by atoms with Crippen LogP contribution in [0.5, 0.6) is 0 Å². The molecule has 2 amide bonds. The third-order valence-electron chi connectivity index (χ3n) is 5.28. The van der Waals surface area contributed by atoms with Crippen LogP contribution in [0.2, 0.25) is 0 Å². The van der Waals surface area contributed by atoms with E-state index in [9.17, 15) is 9.59 Å². The predicted octanol–water partition coefficient (Wildman–Crippen LogP) is 3.30. The first kappa shape index (κ1) is 16.5. The minimum Gasteiger partial charge on any atom is -0.353 e. The van der Waals surface area contributed by atoms with Gasteiger partial charge in [-0.3, -0.25) is 9.59 Å². The molecule has 0 aromatic carbocycles. The quantitative estimate of drug-likeness (QED) is 0.922. The lowest BCUT2D eigenvalue weighted by molar-refractivity contribution is -0.127. The van der Waals surface area contributed by atoms with Gasteiger partial charge in [0.15, 0.2) is 0 Å². The van der Waals surface area contributed by atoms with E-state index in [1.807, 2.05) is 21.7 Å². The van der Waals surface area contributed by atoms with Gasteiger partial charge in [0.2, 0.25) is 5.91 Å². The lowest BCUT2D eigenvalue weighted by Crippen LogP contribution is -2.46. The summed E-state index contributed by atoms with van der Waals surface area (Å²) in [6.45, 7) is 3.67. The molecule has 1 aliphatic carbocycles. The third kappa shape index (κ3) is 4.14. The molecule has 23 heavy (non-hydrogen) atoms. The van der Waals surface area contributed by atoms with Crippen LogP contribution in [0.25, 0.3) is 0 Å². The molecule has 1 saturated carbocycles. The Hall–Kier alpha value is -1.36. The summed E-state index contributed by atoms with van der Waals surface area (Å²) < 4.78 is 0. The summed E-state index contributed by atoms with van der Waals surface area (Å²) in [5, 5.41) is 7.06. The first-order valence-electron chi connectivity index (χ1n) is 8.75. The Labute approximate surface area is 142 Å². The van der Waals surface area contributed by atoms with Crippen molar-refractivity contribution in [3.63, 3.8) is 0 Å². The Bertz CT molecular complexity index is 527. The minimum absolute atomic E-state index is 0.0703. The number of rotatable bonds is 3. The smallest absolute Gasteiger partial charge is 0.254 e. The monoisotopic (exact) mass is 334 g/mol. The summed E-state index contributed by atoms with van der Waals surface area (Å²) in [6, 6.07) is 2.24. The number of carbonyl (C=O) groups is 2. The zero-order valence-electron chi connectivity index (χ0n) is 13.8. The van der Waals surface area contributed by atoms with Crippen LogP contribution in [0.3, 0.4) is 0 Å². The standard InChI is InChI=1S/C18H26N2O2S/c1-13-2-4-16(5-3-13)19-17(21)14-6-9-20(10-7-14)18(22)15-8-11-23-12-15/h8,11-14,16H,2-7,9-10H2,1H3,(H,19,21). The van der Waals surface area contributed by atoms with E-state index in [4.69, 9.17) is 0 Å². The highest BCUT2D eigenvalue weighted by Gasteiger charge is 2.29. The van der Waals surface area contributed by atoms with Crippen molar-refractivity contribution in [2.24, 2.45) is 11.8 Å². The van der Waals surface area contributed by atoms with Gasteiger partial charge in [-0.1, -0.05) is 6.92 Å². The van der Waals surface area contributed by atoms with Gasteiger partial charge in [0.1, 0.15) is 0 Å². The Morgan fingerprint density at radius 2 is 1.83 bits per heavy atom. The maximum Gasteiger partial charge on any atom is 0.254 e. The molecule has 1 N–H and O–H groups in total. The van der Waals surface area contributed by atoms with Crippen LogP contribution in [0, 0.1) is 11.8 Å². The van der Waals surface area contributed by atoms with E-state index in [1.165, 1.54) is 12.8 Å². The highest BCUT2D eigenvalue weighted by Crippen LogP contribution is 2.25. The lowest BCUT2D eigenvalue weighted by Gasteiger charge is -2.33. The van der Waals surface area contributed by atoms with Crippen LogP contribution in [0.15, 0.2) is 16.8 Å². The SMILES string of the molecule is CC1CCC(NC(=O)C2CCN(C(=O)c3ccsc3)CC2)CC1. The summed E-state index contributed by atoms with van der Waals surface area (Å²) in [6.07, 6.45) is 6.23. The van der Waals surface area contributed by atoms with Crippen LogP contribution in [0.1, 0.15) is 55.8 Å². The summed E-state index contributed by atoms with van der Waals surface area (Å²) in [5.74, 6) is 1.17. The first-order valence-corrected chi connectivity index (χ1v) is 9.69. The van der Waals surface area contributed by atoms with Crippen LogP contribution in [-0.4, -0.2) is 35.8 Å². The highest BCUT2D eigenvalue weighted by molar-refractivity contribution is 7.08. The third-order valence-corrected chi connectivity index (χ3v) is 5.97. The molecule has 1 aliphatic heterocycles. The normalized spacial score (nSPS) is 26.0. The Morgan fingerprint density at radius 3 is 2.43 bits per heavy atom. The molecule has 2 heterocycles. The summed E-state index contributed by atoms with van der Waals surface area (Å²) in [7, 11) is 0. The molecule has 0 atom stereocenters.